The Morgan fingerprint density at radius 2 is 2.13 bits per heavy atom. The average Bonchev–Trinajstić information content (AvgIpc) is 2.16. The number of halogens is 2. The SMILES string of the molecule is N#C/C(=C\c1ccc(Cl)cc1Cl)C(N)=S. The standard InChI is InChI=1S/C10H6Cl2N2S/c11-8-2-1-6(9(12)4-8)3-7(5-13)10(14)15/h1-4H,(H2,14,15)/b7-3+. The molecule has 0 atom stereocenters. The van der Waals surface area contributed by atoms with Crippen LogP contribution in [0.4, 0.5) is 0 Å². The van der Waals surface area contributed by atoms with E-state index in [9.17, 15) is 0 Å². The summed E-state index contributed by atoms with van der Waals surface area (Å²) in [7, 11) is 0. The summed E-state index contributed by atoms with van der Waals surface area (Å²) in [6.45, 7) is 0. The molecule has 0 aliphatic rings. The molecule has 0 aromatic heterocycles. The number of nitriles is 1. The number of nitrogens with zero attached hydrogens (tertiary/aromatic N) is 1. The van der Waals surface area contributed by atoms with E-state index in [2.05, 4.69) is 0 Å². The normalized spacial score (nSPS) is 10.9. The van der Waals surface area contributed by atoms with Crippen LogP contribution in [0.5, 0.6) is 0 Å². The molecule has 0 amide bonds. The highest BCUT2D eigenvalue weighted by molar-refractivity contribution is 7.80. The fourth-order valence-corrected chi connectivity index (χ4v) is 1.50. The number of rotatable bonds is 2. The number of nitrogens with two attached hydrogens (primary N) is 1. The molecule has 15 heavy (non-hydrogen) atoms. The van der Waals surface area contributed by atoms with Gasteiger partial charge in [0.1, 0.15) is 11.1 Å². The zero-order chi connectivity index (χ0) is 11.4. The molecule has 76 valence electrons. The number of hydrogen-bond acceptors (Lipinski definition) is 2. The first-order valence-electron chi connectivity index (χ1n) is 3.91. The molecule has 0 saturated heterocycles. The Balaban J connectivity index is 3.19. The van der Waals surface area contributed by atoms with Gasteiger partial charge in [-0.15, -0.1) is 0 Å². The van der Waals surface area contributed by atoms with Gasteiger partial charge in [-0.3, -0.25) is 0 Å². The summed E-state index contributed by atoms with van der Waals surface area (Å²) in [4.78, 5) is 0.0449. The van der Waals surface area contributed by atoms with Crippen molar-refractivity contribution in [1.29, 1.82) is 5.26 Å². The Labute approximate surface area is 103 Å². The first-order chi connectivity index (χ1) is 7.04. The topological polar surface area (TPSA) is 49.8 Å². The molecule has 0 aliphatic carbocycles. The first kappa shape index (κ1) is 12.0. The Bertz CT molecular complexity index is 475. The van der Waals surface area contributed by atoms with Crippen LogP contribution in [-0.2, 0) is 0 Å². The van der Waals surface area contributed by atoms with E-state index >= 15 is 0 Å². The van der Waals surface area contributed by atoms with E-state index in [4.69, 9.17) is 46.4 Å². The first-order valence-corrected chi connectivity index (χ1v) is 5.07. The lowest BCUT2D eigenvalue weighted by molar-refractivity contribution is 1.51. The second-order valence-electron chi connectivity index (χ2n) is 2.70. The number of hydrogen-bond donors (Lipinski definition) is 1. The van der Waals surface area contributed by atoms with E-state index < -0.39 is 0 Å². The molecule has 5 heteroatoms. The van der Waals surface area contributed by atoms with E-state index in [1.54, 1.807) is 18.2 Å². The summed E-state index contributed by atoms with van der Waals surface area (Å²) >= 11 is 16.3. The third-order valence-electron chi connectivity index (χ3n) is 1.65. The quantitative estimate of drug-likeness (QED) is 0.503. The molecule has 1 aromatic carbocycles. The summed E-state index contributed by atoms with van der Waals surface area (Å²) in [6, 6.07) is 6.85. The van der Waals surface area contributed by atoms with E-state index in [0.717, 1.165) is 0 Å². The van der Waals surface area contributed by atoms with E-state index in [1.807, 2.05) is 6.07 Å². The van der Waals surface area contributed by atoms with Crippen LogP contribution in [0.1, 0.15) is 5.56 Å². The minimum atomic E-state index is 0.0449. The second kappa shape index (κ2) is 5.13. The molecule has 0 spiro atoms. The summed E-state index contributed by atoms with van der Waals surface area (Å²) in [6.07, 6.45) is 1.53. The van der Waals surface area contributed by atoms with Crippen LogP contribution in [0.2, 0.25) is 10.0 Å². The molecule has 0 unspecified atom stereocenters. The van der Waals surface area contributed by atoms with Crippen molar-refractivity contribution in [2.24, 2.45) is 5.73 Å². The highest BCUT2D eigenvalue weighted by atomic mass is 35.5. The lowest BCUT2D eigenvalue weighted by Gasteiger charge is -2.00. The average molecular weight is 257 g/mol. The third kappa shape index (κ3) is 3.21. The summed E-state index contributed by atoms with van der Waals surface area (Å²) < 4.78 is 0. The van der Waals surface area contributed by atoms with Gasteiger partial charge in [0, 0.05) is 10.0 Å². The van der Waals surface area contributed by atoms with Gasteiger partial charge in [-0.2, -0.15) is 5.26 Å². The van der Waals surface area contributed by atoms with Crippen LogP contribution in [-0.4, -0.2) is 4.99 Å². The van der Waals surface area contributed by atoms with Gasteiger partial charge in [0.2, 0.25) is 0 Å². The zero-order valence-corrected chi connectivity index (χ0v) is 9.83. The molecule has 0 bridgehead atoms. The molecule has 1 rings (SSSR count). The van der Waals surface area contributed by atoms with Crippen molar-refractivity contribution in [1.82, 2.24) is 0 Å². The maximum atomic E-state index is 8.75. The Hall–Kier alpha value is -1.08. The van der Waals surface area contributed by atoms with Crippen molar-refractivity contribution in [2.75, 3.05) is 0 Å². The Morgan fingerprint density at radius 1 is 1.47 bits per heavy atom. The van der Waals surface area contributed by atoms with Crippen molar-refractivity contribution in [3.05, 3.63) is 39.4 Å². The van der Waals surface area contributed by atoms with Crippen LogP contribution in [0.15, 0.2) is 23.8 Å². The molecule has 1 aromatic rings. The predicted molar refractivity (Wildman–Crippen MR) is 66.8 cm³/mol. The Morgan fingerprint density at radius 3 is 2.60 bits per heavy atom. The van der Waals surface area contributed by atoms with Crippen molar-refractivity contribution in [3.8, 4) is 6.07 Å². The molecule has 0 radical (unpaired) electrons. The molecule has 2 N–H and O–H groups in total. The highest BCUT2D eigenvalue weighted by Gasteiger charge is 2.03. The van der Waals surface area contributed by atoms with Crippen LogP contribution in [0.3, 0.4) is 0 Å². The minimum Gasteiger partial charge on any atom is -0.389 e. The Kier molecular flexibility index (Phi) is 4.10. The lowest BCUT2D eigenvalue weighted by Crippen LogP contribution is -2.09. The minimum absolute atomic E-state index is 0.0449. The van der Waals surface area contributed by atoms with Gasteiger partial charge in [-0.05, 0) is 23.8 Å². The van der Waals surface area contributed by atoms with E-state index in [1.165, 1.54) is 6.08 Å². The predicted octanol–water partition coefficient (Wildman–Crippen LogP) is 3.19. The maximum absolute atomic E-state index is 8.75. The molecule has 0 saturated carbocycles. The van der Waals surface area contributed by atoms with Gasteiger partial charge in [0.25, 0.3) is 0 Å². The fourth-order valence-electron chi connectivity index (χ4n) is 0.933. The second-order valence-corrected chi connectivity index (χ2v) is 3.98. The van der Waals surface area contributed by atoms with Gasteiger partial charge < -0.3 is 5.73 Å². The van der Waals surface area contributed by atoms with Gasteiger partial charge >= 0.3 is 0 Å². The third-order valence-corrected chi connectivity index (χ3v) is 2.43. The molecule has 0 aliphatic heterocycles. The number of thiocarbonyl (C=S) groups is 1. The largest absolute Gasteiger partial charge is 0.389 e. The van der Waals surface area contributed by atoms with Crippen molar-refractivity contribution >= 4 is 46.5 Å². The fraction of sp³-hybridized carbons (Fsp3) is 0. The molecular weight excluding hydrogens is 251 g/mol. The lowest BCUT2D eigenvalue weighted by atomic mass is 10.1. The molecule has 0 fully saturated rings. The van der Waals surface area contributed by atoms with Crippen LogP contribution in [0.25, 0.3) is 6.08 Å². The number of benzene rings is 1. The molecule has 2 nitrogen and oxygen atoms in total. The van der Waals surface area contributed by atoms with Crippen LogP contribution in [0, 0.1) is 11.3 Å². The molecule has 0 heterocycles. The van der Waals surface area contributed by atoms with E-state index in [-0.39, 0.29) is 10.6 Å². The van der Waals surface area contributed by atoms with Crippen molar-refractivity contribution in [2.45, 2.75) is 0 Å². The maximum Gasteiger partial charge on any atom is 0.114 e. The highest BCUT2D eigenvalue weighted by Crippen LogP contribution is 2.22. The van der Waals surface area contributed by atoms with Crippen molar-refractivity contribution in [3.63, 3.8) is 0 Å². The van der Waals surface area contributed by atoms with Crippen LogP contribution >= 0.6 is 35.4 Å². The van der Waals surface area contributed by atoms with Gasteiger partial charge in [-0.1, -0.05) is 41.5 Å². The van der Waals surface area contributed by atoms with Gasteiger partial charge in [-0.25, -0.2) is 0 Å². The monoisotopic (exact) mass is 256 g/mol. The summed E-state index contributed by atoms with van der Waals surface area (Å²) in [5, 5.41) is 9.73. The smallest absolute Gasteiger partial charge is 0.114 e. The van der Waals surface area contributed by atoms with Gasteiger partial charge in [0.05, 0.1) is 5.57 Å². The van der Waals surface area contributed by atoms with Crippen LogP contribution < -0.4 is 5.73 Å². The molecular formula is C10H6Cl2N2S. The van der Waals surface area contributed by atoms with Gasteiger partial charge in [0.15, 0.2) is 0 Å². The van der Waals surface area contributed by atoms with Crippen molar-refractivity contribution < 1.29 is 0 Å². The summed E-state index contributed by atoms with van der Waals surface area (Å²) in [5.74, 6) is 0. The van der Waals surface area contributed by atoms with E-state index in [0.29, 0.717) is 15.6 Å². The summed E-state index contributed by atoms with van der Waals surface area (Å²) in [5.41, 5.74) is 6.22. The zero-order valence-electron chi connectivity index (χ0n) is 7.50.